The summed E-state index contributed by atoms with van der Waals surface area (Å²) >= 11 is 0. The maximum Gasteiger partial charge on any atom is 0.303 e. The number of hydrogen-bond donors (Lipinski definition) is 1. The van der Waals surface area contributed by atoms with Crippen molar-refractivity contribution in [2.75, 3.05) is 0 Å². The van der Waals surface area contributed by atoms with Gasteiger partial charge < -0.3 is 9.52 Å². The monoisotopic (exact) mass is 262 g/mol. The van der Waals surface area contributed by atoms with Gasteiger partial charge in [0.1, 0.15) is 11.5 Å². The Bertz CT molecular complexity index is 427. The van der Waals surface area contributed by atoms with E-state index in [-0.39, 0.29) is 6.42 Å². The van der Waals surface area contributed by atoms with Crippen molar-refractivity contribution in [3.63, 3.8) is 0 Å². The number of carbonyl (C=O) groups is 1. The van der Waals surface area contributed by atoms with Crippen LogP contribution in [0.3, 0.4) is 0 Å². The van der Waals surface area contributed by atoms with Gasteiger partial charge in [-0.2, -0.15) is 0 Å². The minimum Gasteiger partial charge on any atom is -0.481 e. The number of unbranched alkanes of at least 4 members (excludes halogenated alkanes) is 1. The van der Waals surface area contributed by atoms with Gasteiger partial charge in [-0.25, -0.2) is 0 Å². The Morgan fingerprint density at radius 1 is 1.21 bits per heavy atom. The van der Waals surface area contributed by atoms with Gasteiger partial charge in [-0.15, -0.1) is 0 Å². The van der Waals surface area contributed by atoms with E-state index in [9.17, 15) is 4.79 Å². The molecule has 0 saturated heterocycles. The Morgan fingerprint density at radius 3 is 2.63 bits per heavy atom. The molecule has 0 spiro atoms. The van der Waals surface area contributed by atoms with Crippen LogP contribution in [0, 0.1) is 0 Å². The molecule has 0 saturated carbocycles. The average molecular weight is 262 g/mol. The number of aliphatic carboxylic acids is 1. The van der Waals surface area contributed by atoms with Crippen LogP contribution in [0.4, 0.5) is 0 Å². The number of aryl methyl sites for hydroxylation is 1. The number of allylic oxidation sites excluding steroid dienone is 4. The lowest BCUT2D eigenvalue weighted by Crippen LogP contribution is -1.92. The zero-order chi connectivity index (χ0) is 13.9. The molecule has 0 aromatic carbocycles. The second-order valence-corrected chi connectivity index (χ2v) is 4.39. The predicted octanol–water partition coefficient (Wildman–Crippen LogP) is 4.14. The summed E-state index contributed by atoms with van der Waals surface area (Å²) in [5.41, 5.74) is 0. The molecule has 1 aromatic heterocycles. The van der Waals surface area contributed by atoms with E-state index >= 15 is 0 Å². The van der Waals surface area contributed by atoms with Crippen molar-refractivity contribution >= 4 is 5.97 Å². The summed E-state index contributed by atoms with van der Waals surface area (Å²) < 4.78 is 5.59. The topological polar surface area (TPSA) is 50.4 Å². The molecule has 104 valence electrons. The minimum atomic E-state index is -0.724. The lowest BCUT2D eigenvalue weighted by Gasteiger charge is -1.91. The lowest BCUT2D eigenvalue weighted by atomic mass is 10.2. The van der Waals surface area contributed by atoms with Crippen LogP contribution in [-0.4, -0.2) is 11.1 Å². The fraction of sp³-hybridized carbons (Fsp3) is 0.438. The van der Waals surface area contributed by atoms with Crippen LogP contribution < -0.4 is 0 Å². The van der Waals surface area contributed by atoms with Crippen LogP contribution >= 0.6 is 0 Å². The first-order chi connectivity index (χ1) is 9.22. The van der Waals surface area contributed by atoms with Gasteiger partial charge in [-0.1, -0.05) is 31.2 Å². The molecule has 0 aliphatic rings. The largest absolute Gasteiger partial charge is 0.481 e. The second kappa shape index (κ2) is 9.20. The van der Waals surface area contributed by atoms with Crippen LogP contribution in [0.1, 0.15) is 44.1 Å². The van der Waals surface area contributed by atoms with Crippen molar-refractivity contribution < 1.29 is 14.3 Å². The maximum absolute atomic E-state index is 10.3. The molecule has 0 aliphatic carbocycles. The third-order valence-electron chi connectivity index (χ3n) is 2.75. The van der Waals surface area contributed by atoms with Gasteiger partial charge in [-0.3, -0.25) is 4.79 Å². The first-order valence-electron chi connectivity index (χ1n) is 6.81. The highest BCUT2D eigenvalue weighted by Crippen LogP contribution is 2.09. The second-order valence-electron chi connectivity index (χ2n) is 4.39. The summed E-state index contributed by atoms with van der Waals surface area (Å²) in [5, 5.41) is 8.47. The van der Waals surface area contributed by atoms with Crippen molar-refractivity contribution in [2.45, 2.75) is 45.4 Å². The molecule has 0 atom stereocenters. The molecular formula is C16H22O3. The molecule has 1 N–H and O–H groups in total. The van der Waals surface area contributed by atoms with E-state index in [2.05, 4.69) is 25.2 Å². The summed E-state index contributed by atoms with van der Waals surface area (Å²) in [5.74, 6) is 1.30. The maximum atomic E-state index is 10.3. The quantitative estimate of drug-likeness (QED) is 0.537. The Kier molecular flexibility index (Phi) is 7.40. The Morgan fingerprint density at radius 2 is 1.95 bits per heavy atom. The van der Waals surface area contributed by atoms with E-state index in [0.717, 1.165) is 37.2 Å². The van der Waals surface area contributed by atoms with Crippen molar-refractivity contribution in [2.24, 2.45) is 0 Å². The molecular weight excluding hydrogens is 240 g/mol. The molecule has 1 heterocycles. The molecule has 0 radical (unpaired) electrons. The normalized spacial score (nSPS) is 11.6. The fourth-order valence-corrected chi connectivity index (χ4v) is 1.68. The van der Waals surface area contributed by atoms with Crippen LogP contribution in [0.15, 0.2) is 40.9 Å². The van der Waals surface area contributed by atoms with Gasteiger partial charge in [0.15, 0.2) is 0 Å². The third kappa shape index (κ3) is 7.29. The van der Waals surface area contributed by atoms with E-state index in [1.165, 1.54) is 0 Å². The SMILES string of the molecule is CCc1ccc(C/C=C\C/C=C\CCCC(=O)O)o1. The first-order valence-corrected chi connectivity index (χ1v) is 6.81. The molecule has 0 bridgehead atoms. The highest BCUT2D eigenvalue weighted by molar-refractivity contribution is 5.66. The van der Waals surface area contributed by atoms with Gasteiger partial charge in [-0.05, 0) is 31.4 Å². The van der Waals surface area contributed by atoms with Crippen LogP contribution in [0.5, 0.6) is 0 Å². The van der Waals surface area contributed by atoms with Crippen molar-refractivity contribution in [1.82, 2.24) is 0 Å². The van der Waals surface area contributed by atoms with E-state index in [1.54, 1.807) is 0 Å². The molecule has 0 fully saturated rings. The summed E-state index contributed by atoms with van der Waals surface area (Å²) in [4.78, 5) is 10.3. The van der Waals surface area contributed by atoms with Crippen molar-refractivity contribution in [3.05, 3.63) is 48.0 Å². The van der Waals surface area contributed by atoms with E-state index in [0.29, 0.717) is 6.42 Å². The molecule has 3 nitrogen and oxygen atoms in total. The molecule has 0 amide bonds. The zero-order valence-corrected chi connectivity index (χ0v) is 11.5. The molecule has 0 unspecified atom stereocenters. The molecule has 1 rings (SSSR count). The summed E-state index contributed by atoms with van der Waals surface area (Å²) in [6.07, 6.45) is 12.7. The van der Waals surface area contributed by atoms with E-state index in [1.807, 2.05) is 18.2 Å². The fourth-order valence-electron chi connectivity index (χ4n) is 1.68. The standard InChI is InChI=1S/C16H22O3/c1-2-14-12-13-15(19-14)10-8-6-4-3-5-7-9-11-16(17)18/h3,5-6,8,12-13H,2,4,7,9-11H2,1H3,(H,17,18)/b5-3-,8-6-. The summed E-state index contributed by atoms with van der Waals surface area (Å²) in [6, 6.07) is 4.04. The molecule has 0 aliphatic heterocycles. The lowest BCUT2D eigenvalue weighted by molar-refractivity contribution is -0.137. The third-order valence-corrected chi connectivity index (χ3v) is 2.75. The molecule has 3 heteroatoms. The Balaban J connectivity index is 2.10. The van der Waals surface area contributed by atoms with Crippen molar-refractivity contribution in [3.8, 4) is 0 Å². The first kappa shape index (κ1) is 15.3. The number of furan rings is 1. The smallest absolute Gasteiger partial charge is 0.303 e. The van der Waals surface area contributed by atoms with Crippen molar-refractivity contribution in [1.29, 1.82) is 0 Å². The van der Waals surface area contributed by atoms with Crippen LogP contribution in [0.2, 0.25) is 0 Å². The summed E-state index contributed by atoms with van der Waals surface area (Å²) in [7, 11) is 0. The Hall–Kier alpha value is -1.77. The zero-order valence-electron chi connectivity index (χ0n) is 11.5. The molecule has 19 heavy (non-hydrogen) atoms. The number of carboxylic acid groups (broad SMARTS) is 1. The van der Waals surface area contributed by atoms with E-state index < -0.39 is 5.97 Å². The Labute approximate surface area is 114 Å². The van der Waals surface area contributed by atoms with Gasteiger partial charge >= 0.3 is 5.97 Å². The minimum absolute atomic E-state index is 0.248. The molecule has 1 aromatic rings. The highest BCUT2D eigenvalue weighted by Gasteiger charge is 1.96. The number of hydrogen-bond acceptors (Lipinski definition) is 2. The number of rotatable bonds is 9. The van der Waals surface area contributed by atoms with Gasteiger partial charge in [0, 0.05) is 19.3 Å². The predicted molar refractivity (Wildman–Crippen MR) is 76.2 cm³/mol. The van der Waals surface area contributed by atoms with Gasteiger partial charge in [0.05, 0.1) is 0 Å². The van der Waals surface area contributed by atoms with E-state index in [4.69, 9.17) is 9.52 Å². The summed E-state index contributed by atoms with van der Waals surface area (Å²) in [6.45, 7) is 2.08. The van der Waals surface area contributed by atoms with Gasteiger partial charge in [0.2, 0.25) is 0 Å². The van der Waals surface area contributed by atoms with Crippen LogP contribution in [-0.2, 0) is 17.6 Å². The van der Waals surface area contributed by atoms with Gasteiger partial charge in [0.25, 0.3) is 0 Å². The average Bonchev–Trinajstić information content (AvgIpc) is 2.84. The number of carboxylic acids is 1. The highest BCUT2D eigenvalue weighted by atomic mass is 16.4. The van der Waals surface area contributed by atoms with Crippen LogP contribution in [0.25, 0.3) is 0 Å².